The van der Waals surface area contributed by atoms with E-state index in [1.807, 2.05) is 13.1 Å². The van der Waals surface area contributed by atoms with Gasteiger partial charge in [0, 0.05) is 6.20 Å². The van der Waals surface area contributed by atoms with E-state index in [4.69, 9.17) is 0 Å². The van der Waals surface area contributed by atoms with Crippen LogP contribution >= 0.6 is 12.8 Å². The van der Waals surface area contributed by atoms with Crippen LogP contribution in [0.15, 0.2) is 6.20 Å². The van der Waals surface area contributed by atoms with Crippen molar-refractivity contribution in [2.75, 3.05) is 0 Å². The van der Waals surface area contributed by atoms with E-state index in [1.165, 1.54) is 5.56 Å². The van der Waals surface area contributed by atoms with Gasteiger partial charge in [-0.2, -0.15) is 5.10 Å². The molecule has 0 bridgehead atoms. The molecule has 0 N–H and O–H groups in total. The van der Waals surface area contributed by atoms with E-state index in [0.29, 0.717) is 0 Å². The summed E-state index contributed by atoms with van der Waals surface area (Å²) in [6.45, 7) is 4.10. The summed E-state index contributed by atoms with van der Waals surface area (Å²) in [5.74, 6) is 0. The second-order valence-corrected chi connectivity index (χ2v) is 2.42. The van der Waals surface area contributed by atoms with Crippen molar-refractivity contribution in [2.45, 2.75) is 20.3 Å². The maximum atomic E-state index is 4.06. The number of hydrogen-bond donors (Lipinski definition) is 1. The first kappa shape index (κ1) is 6.68. The lowest BCUT2D eigenvalue weighted by Gasteiger charge is -1.85. The number of rotatable bonds is 1. The van der Waals surface area contributed by atoms with Crippen molar-refractivity contribution < 1.29 is 0 Å². The van der Waals surface area contributed by atoms with Gasteiger partial charge < -0.3 is 0 Å². The second kappa shape index (κ2) is 2.43. The average Bonchev–Trinajstić information content (AvgIpc) is 2.10. The van der Waals surface area contributed by atoms with Gasteiger partial charge in [0.05, 0.1) is 5.69 Å². The number of aryl methyl sites for hydroxylation is 2. The van der Waals surface area contributed by atoms with Gasteiger partial charge in [0.15, 0.2) is 0 Å². The van der Waals surface area contributed by atoms with E-state index in [1.54, 1.807) is 4.09 Å². The highest BCUT2D eigenvalue weighted by atomic mass is 32.1. The van der Waals surface area contributed by atoms with Crippen LogP contribution in [0.5, 0.6) is 0 Å². The lowest BCUT2D eigenvalue weighted by molar-refractivity contribution is 0.985. The minimum Gasteiger partial charge on any atom is -0.217 e. The second-order valence-electron chi connectivity index (χ2n) is 2.01. The van der Waals surface area contributed by atoms with Crippen LogP contribution in [0.3, 0.4) is 0 Å². The maximum absolute atomic E-state index is 4.06. The first-order valence-electron chi connectivity index (χ1n) is 2.98. The summed E-state index contributed by atoms with van der Waals surface area (Å²) >= 11 is 4.03. The van der Waals surface area contributed by atoms with Crippen molar-refractivity contribution >= 4 is 12.8 Å². The van der Waals surface area contributed by atoms with Gasteiger partial charge in [0.2, 0.25) is 0 Å². The SMILES string of the molecule is CCc1cn(S)nc1C. The number of aromatic nitrogens is 2. The van der Waals surface area contributed by atoms with E-state index >= 15 is 0 Å². The largest absolute Gasteiger partial charge is 0.217 e. The van der Waals surface area contributed by atoms with Crippen LogP contribution in [0.2, 0.25) is 0 Å². The highest BCUT2D eigenvalue weighted by Crippen LogP contribution is 2.05. The maximum Gasteiger partial charge on any atom is 0.0636 e. The fourth-order valence-electron chi connectivity index (χ4n) is 0.827. The Bertz CT molecular complexity index is 205. The summed E-state index contributed by atoms with van der Waals surface area (Å²) in [4.78, 5) is 0. The minimum absolute atomic E-state index is 1.03. The molecule has 0 saturated heterocycles. The first-order valence-corrected chi connectivity index (χ1v) is 3.38. The van der Waals surface area contributed by atoms with Crippen LogP contribution in [-0.2, 0) is 6.42 Å². The molecular weight excluding hydrogens is 132 g/mol. The van der Waals surface area contributed by atoms with Crippen LogP contribution in [-0.4, -0.2) is 9.19 Å². The summed E-state index contributed by atoms with van der Waals surface area (Å²) in [5, 5.41) is 4.06. The average molecular weight is 142 g/mol. The molecule has 0 atom stereocenters. The van der Waals surface area contributed by atoms with E-state index in [0.717, 1.165) is 12.1 Å². The Morgan fingerprint density at radius 3 is 2.67 bits per heavy atom. The van der Waals surface area contributed by atoms with E-state index in [9.17, 15) is 0 Å². The monoisotopic (exact) mass is 142 g/mol. The molecule has 1 heterocycles. The molecule has 0 radical (unpaired) electrons. The molecule has 0 unspecified atom stereocenters. The molecule has 0 saturated carbocycles. The zero-order valence-electron chi connectivity index (χ0n) is 5.63. The van der Waals surface area contributed by atoms with Crippen LogP contribution in [0.1, 0.15) is 18.2 Å². The van der Waals surface area contributed by atoms with Crippen LogP contribution in [0.25, 0.3) is 0 Å². The zero-order valence-corrected chi connectivity index (χ0v) is 6.52. The Morgan fingerprint density at radius 2 is 2.44 bits per heavy atom. The normalized spacial score (nSPS) is 10.1. The lowest BCUT2D eigenvalue weighted by atomic mass is 10.2. The molecule has 1 rings (SSSR count). The Kier molecular flexibility index (Phi) is 1.81. The van der Waals surface area contributed by atoms with Crippen molar-refractivity contribution in [2.24, 2.45) is 0 Å². The van der Waals surface area contributed by atoms with Crippen molar-refractivity contribution in [3.8, 4) is 0 Å². The molecule has 3 heteroatoms. The standard InChI is InChI=1S/C6H10N2S/c1-3-6-4-8(9)7-5(6)2/h4,9H,3H2,1-2H3. The Hall–Kier alpha value is -0.440. The summed E-state index contributed by atoms with van der Waals surface area (Å²) in [6, 6.07) is 0. The molecule has 0 aliphatic carbocycles. The van der Waals surface area contributed by atoms with Gasteiger partial charge in [-0.15, -0.1) is 0 Å². The van der Waals surface area contributed by atoms with Crippen LogP contribution < -0.4 is 0 Å². The Morgan fingerprint density at radius 1 is 1.78 bits per heavy atom. The lowest BCUT2D eigenvalue weighted by Crippen LogP contribution is -1.79. The topological polar surface area (TPSA) is 17.8 Å². The highest BCUT2D eigenvalue weighted by molar-refractivity contribution is 7.78. The number of nitrogens with zero attached hydrogens (tertiary/aromatic N) is 2. The minimum atomic E-state index is 1.03. The van der Waals surface area contributed by atoms with Gasteiger partial charge >= 0.3 is 0 Å². The Balaban J connectivity index is 3.01. The third-order valence-corrected chi connectivity index (χ3v) is 1.57. The third kappa shape index (κ3) is 1.27. The van der Waals surface area contributed by atoms with Crippen molar-refractivity contribution in [1.82, 2.24) is 9.19 Å². The van der Waals surface area contributed by atoms with Gasteiger partial charge in [-0.25, -0.2) is 4.09 Å². The molecular formula is C6H10N2S. The van der Waals surface area contributed by atoms with Crippen molar-refractivity contribution in [1.29, 1.82) is 0 Å². The van der Waals surface area contributed by atoms with E-state index < -0.39 is 0 Å². The zero-order chi connectivity index (χ0) is 6.85. The molecule has 50 valence electrons. The van der Waals surface area contributed by atoms with Gasteiger partial charge in [-0.1, -0.05) is 6.92 Å². The Labute approximate surface area is 60.4 Å². The predicted molar refractivity (Wildman–Crippen MR) is 40.7 cm³/mol. The molecule has 1 aromatic heterocycles. The third-order valence-electron chi connectivity index (χ3n) is 1.37. The molecule has 0 aliphatic rings. The predicted octanol–water partition coefficient (Wildman–Crippen LogP) is 1.45. The fourth-order valence-corrected chi connectivity index (χ4v) is 1.10. The quantitative estimate of drug-likeness (QED) is 0.587. The summed E-state index contributed by atoms with van der Waals surface area (Å²) in [5.41, 5.74) is 2.34. The van der Waals surface area contributed by atoms with Gasteiger partial charge in [-0.3, -0.25) is 0 Å². The first-order chi connectivity index (χ1) is 4.24. The van der Waals surface area contributed by atoms with Crippen molar-refractivity contribution in [3.05, 3.63) is 17.5 Å². The van der Waals surface area contributed by atoms with E-state index in [-0.39, 0.29) is 0 Å². The van der Waals surface area contributed by atoms with Crippen LogP contribution in [0, 0.1) is 6.92 Å². The summed E-state index contributed by atoms with van der Waals surface area (Å²) in [6.07, 6.45) is 2.96. The van der Waals surface area contributed by atoms with Crippen LogP contribution in [0.4, 0.5) is 0 Å². The van der Waals surface area contributed by atoms with Gasteiger partial charge in [0.1, 0.15) is 0 Å². The molecule has 0 aromatic carbocycles. The highest BCUT2D eigenvalue weighted by Gasteiger charge is 1.97. The molecule has 1 aromatic rings. The number of hydrogen-bond acceptors (Lipinski definition) is 2. The molecule has 2 nitrogen and oxygen atoms in total. The van der Waals surface area contributed by atoms with Gasteiger partial charge in [0.25, 0.3) is 0 Å². The smallest absolute Gasteiger partial charge is 0.0636 e. The fraction of sp³-hybridized carbons (Fsp3) is 0.500. The molecule has 0 spiro atoms. The van der Waals surface area contributed by atoms with Gasteiger partial charge in [-0.05, 0) is 31.7 Å². The van der Waals surface area contributed by atoms with Crippen molar-refractivity contribution in [3.63, 3.8) is 0 Å². The molecule has 0 aliphatic heterocycles. The molecule has 0 amide bonds. The summed E-state index contributed by atoms with van der Waals surface area (Å²) < 4.78 is 1.55. The molecule has 9 heavy (non-hydrogen) atoms. The van der Waals surface area contributed by atoms with E-state index in [2.05, 4.69) is 24.8 Å². The number of thiol groups is 1. The molecule has 0 fully saturated rings. The summed E-state index contributed by atoms with van der Waals surface area (Å²) in [7, 11) is 0.